The molecule has 0 aliphatic rings. The minimum Gasteiger partial charge on any atom is -0.481 e. The number of carbonyl (C=O) groups is 4. The summed E-state index contributed by atoms with van der Waals surface area (Å²) in [6.45, 7) is 15.4. The standard InChI is InChI=1S/2C9H10O2.2C8H8O3.3C2H6.CH4/c2*1-7(9(10)11)8-5-3-2-4-6-8;2*9-7(8(10)11)6-4-2-1-3-5-6;3*1-2;/h2*2-7H,1H3,(H,10,11);2*1-5,7,9H,(H,10,11);3*1-2H3;1H4. The first kappa shape index (κ1) is 52.5. The maximum Gasteiger partial charge on any atom is 0.337 e. The van der Waals surface area contributed by atoms with Crippen molar-refractivity contribution in [3.05, 3.63) is 144 Å². The molecule has 0 saturated heterocycles. The van der Waals surface area contributed by atoms with Crippen LogP contribution in [0.1, 0.15) is 109 Å². The van der Waals surface area contributed by atoms with Crippen molar-refractivity contribution < 1.29 is 49.8 Å². The van der Waals surface area contributed by atoms with Crippen molar-refractivity contribution in [2.75, 3.05) is 0 Å². The van der Waals surface area contributed by atoms with Gasteiger partial charge in [-0.05, 0) is 36.1 Å². The van der Waals surface area contributed by atoms with Crippen LogP contribution in [0.2, 0.25) is 0 Å². The molecular formula is C41H58O10. The van der Waals surface area contributed by atoms with E-state index < -0.39 is 47.9 Å². The zero-order valence-corrected chi connectivity index (χ0v) is 30.2. The molecule has 282 valence electrons. The van der Waals surface area contributed by atoms with Crippen molar-refractivity contribution in [1.82, 2.24) is 0 Å². The number of aliphatic carboxylic acids is 4. The molecule has 0 aliphatic heterocycles. The van der Waals surface area contributed by atoms with Gasteiger partial charge in [-0.25, -0.2) is 9.59 Å². The van der Waals surface area contributed by atoms with Gasteiger partial charge in [-0.2, -0.15) is 0 Å². The molecule has 4 atom stereocenters. The van der Waals surface area contributed by atoms with Gasteiger partial charge in [0.25, 0.3) is 0 Å². The summed E-state index contributed by atoms with van der Waals surface area (Å²) < 4.78 is 0. The van der Waals surface area contributed by atoms with Gasteiger partial charge in [0.2, 0.25) is 0 Å². The fourth-order valence-electron chi connectivity index (χ4n) is 3.32. The molecular weight excluding hydrogens is 652 g/mol. The number of carboxylic acid groups (broad SMARTS) is 4. The Bertz CT molecular complexity index is 1190. The van der Waals surface area contributed by atoms with Crippen LogP contribution < -0.4 is 0 Å². The predicted octanol–water partition coefficient (Wildman–Crippen LogP) is 9.07. The molecule has 6 N–H and O–H groups in total. The summed E-state index contributed by atoms with van der Waals surface area (Å²) in [6, 6.07) is 34.9. The largest absolute Gasteiger partial charge is 0.481 e. The molecule has 4 aromatic rings. The summed E-state index contributed by atoms with van der Waals surface area (Å²) in [4.78, 5) is 41.5. The molecule has 51 heavy (non-hydrogen) atoms. The van der Waals surface area contributed by atoms with Crippen LogP contribution in [0.3, 0.4) is 0 Å². The van der Waals surface area contributed by atoms with E-state index in [1.54, 1.807) is 74.5 Å². The van der Waals surface area contributed by atoms with Crippen LogP contribution in [0.4, 0.5) is 0 Å². The molecule has 0 aromatic heterocycles. The first-order chi connectivity index (χ1) is 23.9. The molecule has 10 nitrogen and oxygen atoms in total. The fourth-order valence-corrected chi connectivity index (χ4v) is 3.32. The third-order valence-corrected chi connectivity index (χ3v) is 6.04. The highest BCUT2D eigenvalue weighted by Gasteiger charge is 2.15. The minimum atomic E-state index is -1.41. The van der Waals surface area contributed by atoms with E-state index in [1.165, 1.54) is 0 Å². The van der Waals surface area contributed by atoms with Crippen LogP contribution in [0.5, 0.6) is 0 Å². The lowest BCUT2D eigenvalue weighted by Crippen LogP contribution is -2.09. The Hall–Kier alpha value is -5.32. The number of benzene rings is 4. The normalized spacial score (nSPS) is 11.1. The lowest BCUT2D eigenvalue weighted by molar-refractivity contribution is -0.147. The molecule has 0 radical (unpaired) electrons. The average molecular weight is 711 g/mol. The first-order valence-electron chi connectivity index (χ1n) is 16.3. The number of aliphatic hydroxyl groups excluding tert-OH is 2. The number of hydrogen-bond donors (Lipinski definition) is 6. The third-order valence-electron chi connectivity index (χ3n) is 6.04. The van der Waals surface area contributed by atoms with Gasteiger partial charge in [0.05, 0.1) is 11.8 Å². The van der Waals surface area contributed by atoms with Gasteiger partial charge in [0.15, 0.2) is 12.2 Å². The minimum absolute atomic E-state index is 0. The molecule has 10 heteroatoms. The van der Waals surface area contributed by atoms with Crippen molar-refractivity contribution in [2.45, 2.75) is 86.9 Å². The first-order valence-corrected chi connectivity index (χ1v) is 16.3. The molecule has 0 fully saturated rings. The highest BCUT2D eigenvalue weighted by molar-refractivity contribution is 5.76. The van der Waals surface area contributed by atoms with E-state index in [2.05, 4.69) is 0 Å². The van der Waals surface area contributed by atoms with E-state index in [9.17, 15) is 19.2 Å². The lowest BCUT2D eigenvalue weighted by Gasteiger charge is -2.04. The van der Waals surface area contributed by atoms with E-state index in [0.717, 1.165) is 11.1 Å². The second-order valence-electron chi connectivity index (χ2n) is 9.24. The molecule has 0 bridgehead atoms. The van der Waals surface area contributed by atoms with Gasteiger partial charge in [-0.3, -0.25) is 9.59 Å². The van der Waals surface area contributed by atoms with Crippen LogP contribution in [-0.2, 0) is 19.2 Å². The predicted molar refractivity (Wildman–Crippen MR) is 204 cm³/mol. The lowest BCUT2D eigenvalue weighted by atomic mass is 10.0. The van der Waals surface area contributed by atoms with E-state index >= 15 is 0 Å². The quantitative estimate of drug-likeness (QED) is 0.103. The molecule has 0 aliphatic carbocycles. The van der Waals surface area contributed by atoms with Crippen molar-refractivity contribution in [3.63, 3.8) is 0 Å². The Labute approximate surface area is 303 Å². The molecule has 0 spiro atoms. The van der Waals surface area contributed by atoms with E-state index in [0.29, 0.717) is 11.1 Å². The van der Waals surface area contributed by atoms with Gasteiger partial charge in [-0.1, -0.05) is 170 Å². The van der Waals surface area contributed by atoms with Gasteiger partial charge in [-0.15, -0.1) is 0 Å². The summed E-state index contributed by atoms with van der Waals surface area (Å²) in [5.41, 5.74) is 2.50. The zero-order valence-electron chi connectivity index (χ0n) is 30.2. The number of rotatable bonds is 8. The van der Waals surface area contributed by atoms with Crippen LogP contribution in [-0.4, -0.2) is 54.5 Å². The zero-order chi connectivity index (χ0) is 39.1. The summed E-state index contributed by atoms with van der Waals surface area (Å²) in [5, 5.41) is 52.0. The van der Waals surface area contributed by atoms with Gasteiger partial charge < -0.3 is 30.6 Å². The van der Waals surface area contributed by atoms with Crippen LogP contribution in [0.25, 0.3) is 0 Å². The van der Waals surface area contributed by atoms with Crippen LogP contribution in [0, 0.1) is 0 Å². The summed E-state index contributed by atoms with van der Waals surface area (Å²) in [6.07, 6.45) is -2.81. The van der Waals surface area contributed by atoms with Crippen molar-refractivity contribution in [2.24, 2.45) is 0 Å². The molecule has 4 aromatic carbocycles. The molecule has 0 saturated carbocycles. The van der Waals surface area contributed by atoms with E-state index in [-0.39, 0.29) is 7.43 Å². The Morgan fingerprint density at radius 2 is 0.549 bits per heavy atom. The van der Waals surface area contributed by atoms with Gasteiger partial charge >= 0.3 is 23.9 Å². The SMILES string of the molecule is C.CC.CC.CC.CC(C(=O)O)c1ccccc1.CC(C(=O)O)c1ccccc1.O=C(O)C(O)c1ccccc1.O=C(O)C(O)c1ccccc1. The highest BCUT2D eigenvalue weighted by atomic mass is 16.4. The van der Waals surface area contributed by atoms with Crippen LogP contribution in [0.15, 0.2) is 121 Å². The molecule has 4 unspecified atom stereocenters. The van der Waals surface area contributed by atoms with Gasteiger partial charge in [0, 0.05) is 0 Å². The molecule has 0 heterocycles. The maximum absolute atomic E-state index is 10.5. The van der Waals surface area contributed by atoms with Crippen molar-refractivity contribution >= 4 is 23.9 Å². The van der Waals surface area contributed by atoms with Gasteiger partial charge in [0.1, 0.15) is 0 Å². The number of hydrogen-bond acceptors (Lipinski definition) is 6. The summed E-state index contributed by atoms with van der Waals surface area (Å²) >= 11 is 0. The molecule has 4 rings (SSSR count). The number of aliphatic hydroxyl groups is 2. The fraction of sp³-hybridized carbons (Fsp3) is 0.317. The average Bonchev–Trinajstić information content (AvgIpc) is 3.18. The summed E-state index contributed by atoms with van der Waals surface area (Å²) in [7, 11) is 0. The van der Waals surface area contributed by atoms with E-state index in [4.69, 9.17) is 30.6 Å². The van der Waals surface area contributed by atoms with E-state index in [1.807, 2.05) is 102 Å². The second-order valence-corrected chi connectivity index (χ2v) is 9.24. The number of carboxylic acids is 4. The Balaban J connectivity index is -0.000000273. The Morgan fingerprint density at radius 3 is 0.706 bits per heavy atom. The third kappa shape index (κ3) is 23.6. The maximum atomic E-state index is 10.5. The highest BCUT2D eigenvalue weighted by Crippen LogP contribution is 2.15. The smallest absolute Gasteiger partial charge is 0.337 e. The summed E-state index contributed by atoms with van der Waals surface area (Å²) in [5.74, 6) is -4.83. The topological polar surface area (TPSA) is 190 Å². The van der Waals surface area contributed by atoms with Crippen molar-refractivity contribution in [1.29, 1.82) is 0 Å². The van der Waals surface area contributed by atoms with Crippen LogP contribution >= 0.6 is 0 Å². The Morgan fingerprint density at radius 1 is 0.373 bits per heavy atom. The monoisotopic (exact) mass is 710 g/mol. The Kier molecular flexibility index (Phi) is 34.2. The second kappa shape index (κ2) is 33.2. The van der Waals surface area contributed by atoms with Crippen molar-refractivity contribution in [3.8, 4) is 0 Å². The molecule has 0 amide bonds.